The van der Waals surface area contributed by atoms with Crippen LogP contribution in [0.2, 0.25) is 10.0 Å². The lowest BCUT2D eigenvalue weighted by Gasteiger charge is -2.08. The predicted molar refractivity (Wildman–Crippen MR) is 116 cm³/mol. The monoisotopic (exact) mass is 415 g/mol. The highest BCUT2D eigenvalue weighted by Crippen LogP contribution is 2.36. The quantitative estimate of drug-likeness (QED) is 0.303. The Morgan fingerprint density at radius 3 is 2.19 bits per heavy atom. The van der Waals surface area contributed by atoms with Crippen LogP contribution < -0.4 is 0 Å². The first-order valence-corrected chi connectivity index (χ1v) is 9.78. The van der Waals surface area contributed by atoms with Gasteiger partial charge in [-0.1, -0.05) is 52.7 Å². The van der Waals surface area contributed by atoms with E-state index >= 15 is 0 Å². The second-order valence-corrected chi connectivity index (χ2v) is 7.85. The van der Waals surface area contributed by atoms with Crippen molar-refractivity contribution in [2.45, 2.75) is 11.8 Å². The van der Waals surface area contributed by atoms with E-state index in [-0.39, 0.29) is 5.82 Å². The Kier molecular flexibility index (Phi) is 6.73. The van der Waals surface area contributed by atoms with Crippen molar-refractivity contribution in [3.63, 3.8) is 0 Å². The lowest BCUT2D eigenvalue weighted by molar-refractivity contribution is 0.626. The van der Waals surface area contributed by atoms with Gasteiger partial charge in [0.2, 0.25) is 0 Å². The van der Waals surface area contributed by atoms with Gasteiger partial charge >= 0.3 is 0 Å². The molecule has 0 amide bonds. The van der Waals surface area contributed by atoms with Crippen LogP contribution >= 0.6 is 35.0 Å². The van der Waals surface area contributed by atoms with Crippen molar-refractivity contribution in [3.8, 4) is 0 Å². The fourth-order valence-corrected chi connectivity index (χ4v) is 3.75. The molecule has 0 saturated carbocycles. The first kappa shape index (κ1) is 19.7. The summed E-state index contributed by atoms with van der Waals surface area (Å²) in [4.78, 5) is 6.28. The number of hydrogen-bond donors (Lipinski definition) is 0. The van der Waals surface area contributed by atoms with Crippen LogP contribution in [0.1, 0.15) is 11.1 Å². The van der Waals surface area contributed by atoms with Gasteiger partial charge in [-0.15, -0.1) is 0 Å². The number of rotatable bonds is 5. The van der Waals surface area contributed by atoms with E-state index in [0.29, 0.717) is 10.0 Å². The number of benzene rings is 3. The fourth-order valence-electron chi connectivity index (χ4n) is 2.34. The minimum Gasteiger partial charge on any atom is -0.257 e. The molecule has 3 rings (SSSR count). The van der Waals surface area contributed by atoms with Crippen molar-refractivity contribution in [2.24, 2.45) is 4.99 Å². The average molecular weight is 416 g/mol. The first-order valence-electron chi connectivity index (χ1n) is 8.20. The van der Waals surface area contributed by atoms with Crippen LogP contribution in [0.3, 0.4) is 0 Å². The standard InChI is InChI=1S/C22H16Cl2FNS/c1-15-2-6-20(7-3-15)26-11-10-22(16-12-17(23)14-18(24)13-16)27-21-8-4-19(25)5-9-21/h2-14H,1H3. The molecule has 0 aromatic heterocycles. The molecule has 0 N–H and O–H groups in total. The highest BCUT2D eigenvalue weighted by molar-refractivity contribution is 8.08. The van der Waals surface area contributed by atoms with Crippen molar-refractivity contribution in [3.05, 3.63) is 99.8 Å². The summed E-state index contributed by atoms with van der Waals surface area (Å²) >= 11 is 13.8. The number of nitrogens with zero attached hydrogens (tertiary/aromatic N) is 1. The summed E-state index contributed by atoms with van der Waals surface area (Å²) in [6.07, 6.45) is 3.64. The maximum Gasteiger partial charge on any atom is 0.123 e. The molecule has 5 heteroatoms. The van der Waals surface area contributed by atoms with E-state index in [2.05, 4.69) is 4.99 Å². The van der Waals surface area contributed by atoms with Gasteiger partial charge in [0.05, 0.1) is 5.69 Å². The second-order valence-electron chi connectivity index (χ2n) is 5.86. The topological polar surface area (TPSA) is 12.4 Å². The van der Waals surface area contributed by atoms with Gasteiger partial charge in [-0.25, -0.2) is 4.39 Å². The van der Waals surface area contributed by atoms with Crippen LogP contribution in [0.15, 0.2) is 82.7 Å². The maximum absolute atomic E-state index is 13.2. The molecular formula is C22H16Cl2FNS. The van der Waals surface area contributed by atoms with Gasteiger partial charge in [-0.05, 0) is 73.2 Å². The molecule has 27 heavy (non-hydrogen) atoms. The third-order valence-electron chi connectivity index (χ3n) is 3.67. The number of thioether (sulfide) groups is 1. The maximum atomic E-state index is 13.2. The summed E-state index contributed by atoms with van der Waals surface area (Å²) in [6, 6.07) is 19.7. The molecule has 0 radical (unpaired) electrons. The number of hydrogen-bond acceptors (Lipinski definition) is 2. The zero-order chi connectivity index (χ0) is 19.2. The van der Waals surface area contributed by atoms with Crippen molar-refractivity contribution >= 4 is 51.8 Å². The van der Waals surface area contributed by atoms with Gasteiger partial charge in [-0.2, -0.15) is 0 Å². The van der Waals surface area contributed by atoms with Crippen LogP contribution in [-0.4, -0.2) is 6.21 Å². The number of allylic oxidation sites excluding steroid dienone is 1. The van der Waals surface area contributed by atoms with Crippen molar-refractivity contribution < 1.29 is 4.39 Å². The van der Waals surface area contributed by atoms with E-state index in [1.807, 2.05) is 49.4 Å². The minimum absolute atomic E-state index is 0.267. The molecule has 1 nitrogen and oxygen atoms in total. The molecule has 0 atom stereocenters. The van der Waals surface area contributed by atoms with Gasteiger partial charge in [0, 0.05) is 26.1 Å². The molecule has 0 heterocycles. The highest BCUT2D eigenvalue weighted by atomic mass is 35.5. The normalized spacial score (nSPS) is 11.9. The lowest BCUT2D eigenvalue weighted by Crippen LogP contribution is -1.84. The molecule has 0 aliphatic carbocycles. The molecule has 0 spiro atoms. The Balaban J connectivity index is 1.92. The summed E-state index contributed by atoms with van der Waals surface area (Å²) in [6.45, 7) is 2.04. The van der Waals surface area contributed by atoms with E-state index in [1.54, 1.807) is 24.4 Å². The van der Waals surface area contributed by atoms with Crippen molar-refractivity contribution in [1.82, 2.24) is 0 Å². The van der Waals surface area contributed by atoms with E-state index in [4.69, 9.17) is 23.2 Å². The molecule has 0 saturated heterocycles. The van der Waals surface area contributed by atoms with Gasteiger partial charge in [0.1, 0.15) is 5.82 Å². The van der Waals surface area contributed by atoms with Crippen LogP contribution in [-0.2, 0) is 0 Å². The number of aliphatic imine (C=N–C) groups is 1. The number of halogens is 3. The SMILES string of the molecule is Cc1ccc(N=CC=C(Sc2ccc(F)cc2)c2cc(Cl)cc(Cl)c2)cc1. The molecule has 0 bridgehead atoms. The third kappa shape index (κ3) is 5.96. The second kappa shape index (κ2) is 9.23. The van der Waals surface area contributed by atoms with Gasteiger partial charge in [0.15, 0.2) is 0 Å². The Labute approximate surface area is 172 Å². The van der Waals surface area contributed by atoms with Crippen LogP contribution in [0.5, 0.6) is 0 Å². The van der Waals surface area contributed by atoms with Crippen molar-refractivity contribution in [1.29, 1.82) is 0 Å². The largest absolute Gasteiger partial charge is 0.257 e. The van der Waals surface area contributed by atoms with Crippen LogP contribution in [0.4, 0.5) is 10.1 Å². The average Bonchev–Trinajstić information content (AvgIpc) is 2.63. The molecule has 0 unspecified atom stereocenters. The summed E-state index contributed by atoms with van der Waals surface area (Å²) < 4.78 is 13.2. The van der Waals surface area contributed by atoms with Gasteiger partial charge in [-0.3, -0.25) is 4.99 Å². The molecule has 136 valence electrons. The first-order chi connectivity index (χ1) is 13.0. The Hall–Kier alpha value is -2.07. The van der Waals surface area contributed by atoms with E-state index in [1.165, 1.54) is 29.5 Å². The molecular weight excluding hydrogens is 400 g/mol. The van der Waals surface area contributed by atoms with Crippen LogP contribution in [0.25, 0.3) is 4.91 Å². The zero-order valence-electron chi connectivity index (χ0n) is 14.5. The summed E-state index contributed by atoms with van der Waals surface area (Å²) in [7, 11) is 0. The predicted octanol–water partition coefficient (Wildman–Crippen LogP) is 7.98. The van der Waals surface area contributed by atoms with E-state index in [0.717, 1.165) is 21.1 Å². The van der Waals surface area contributed by atoms with Gasteiger partial charge in [0.25, 0.3) is 0 Å². The smallest absolute Gasteiger partial charge is 0.123 e. The zero-order valence-corrected chi connectivity index (χ0v) is 16.8. The van der Waals surface area contributed by atoms with E-state index < -0.39 is 0 Å². The third-order valence-corrected chi connectivity index (χ3v) is 5.21. The highest BCUT2D eigenvalue weighted by Gasteiger charge is 2.07. The molecule has 0 aliphatic rings. The summed E-state index contributed by atoms with van der Waals surface area (Å²) in [5.74, 6) is -0.267. The van der Waals surface area contributed by atoms with E-state index in [9.17, 15) is 4.39 Å². The Bertz CT molecular complexity index is 960. The molecule has 3 aromatic rings. The Morgan fingerprint density at radius 2 is 1.56 bits per heavy atom. The van der Waals surface area contributed by atoms with Crippen LogP contribution in [0, 0.1) is 12.7 Å². The lowest BCUT2D eigenvalue weighted by atomic mass is 10.2. The van der Waals surface area contributed by atoms with Crippen molar-refractivity contribution in [2.75, 3.05) is 0 Å². The summed E-state index contributed by atoms with van der Waals surface area (Å²) in [5.41, 5.74) is 2.93. The Morgan fingerprint density at radius 1 is 0.926 bits per heavy atom. The fraction of sp³-hybridized carbons (Fsp3) is 0.0455. The van der Waals surface area contributed by atoms with Gasteiger partial charge < -0.3 is 0 Å². The summed E-state index contributed by atoms with van der Waals surface area (Å²) in [5, 5.41) is 1.11. The number of aryl methyl sites for hydroxylation is 1. The molecule has 0 aliphatic heterocycles. The minimum atomic E-state index is -0.267. The molecule has 0 fully saturated rings. The molecule has 3 aromatic carbocycles.